The summed E-state index contributed by atoms with van der Waals surface area (Å²) < 4.78 is 22.5. The zero-order valence-corrected chi connectivity index (χ0v) is 7.49. The van der Waals surface area contributed by atoms with E-state index in [1.54, 1.807) is 0 Å². The summed E-state index contributed by atoms with van der Waals surface area (Å²) in [6, 6.07) is 2.51. The maximum absolute atomic E-state index is 13.2. The Bertz CT molecular complexity index is 338. The molecule has 0 unspecified atom stereocenters. The van der Waals surface area contributed by atoms with Crippen LogP contribution in [-0.2, 0) is 4.74 Å². The smallest absolute Gasteiger partial charge is 0.207 e. The largest absolute Gasteiger partial charge is 0.504 e. The fourth-order valence-electron chi connectivity index (χ4n) is 0.890. The van der Waals surface area contributed by atoms with Gasteiger partial charge in [0, 0.05) is 7.11 Å². The second kappa shape index (κ2) is 4.57. The lowest BCUT2D eigenvalue weighted by atomic mass is 10.2. The number of aldehydes is 1. The van der Waals surface area contributed by atoms with Crippen LogP contribution in [-0.4, -0.2) is 25.3 Å². The van der Waals surface area contributed by atoms with Crippen molar-refractivity contribution in [3.8, 4) is 11.5 Å². The molecule has 0 radical (unpaired) electrons. The number of aromatic hydroxyl groups is 1. The first kappa shape index (κ1) is 10.5. The number of hydrogen-bond donors (Lipinski definition) is 1. The van der Waals surface area contributed by atoms with E-state index in [9.17, 15) is 9.18 Å². The summed E-state index contributed by atoms with van der Waals surface area (Å²) in [5, 5.41) is 9.15. The first-order chi connectivity index (χ1) is 6.70. The molecule has 4 nitrogen and oxygen atoms in total. The number of benzene rings is 1. The van der Waals surface area contributed by atoms with Crippen LogP contribution in [0.1, 0.15) is 10.4 Å². The van der Waals surface area contributed by atoms with Gasteiger partial charge in [-0.2, -0.15) is 4.39 Å². The predicted octanol–water partition coefficient (Wildman–Crippen LogP) is 1.33. The predicted molar refractivity (Wildman–Crippen MR) is 46.0 cm³/mol. The molecule has 1 rings (SSSR count). The second-order valence-electron chi connectivity index (χ2n) is 2.48. The zero-order valence-electron chi connectivity index (χ0n) is 7.49. The molecule has 0 fully saturated rings. The lowest BCUT2D eigenvalue weighted by molar-refractivity contribution is 0.0479. The van der Waals surface area contributed by atoms with E-state index in [1.807, 2.05) is 0 Å². The molecule has 0 saturated carbocycles. The molecule has 0 bridgehead atoms. The van der Waals surface area contributed by atoms with Gasteiger partial charge in [0.1, 0.15) is 0 Å². The summed E-state index contributed by atoms with van der Waals surface area (Å²) in [5.74, 6) is -1.84. The number of phenolic OH excluding ortho intramolecular Hbond substituents is 1. The molecule has 1 aromatic rings. The molecule has 0 aliphatic carbocycles. The molecule has 0 aromatic heterocycles. The van der Waals surface area contributed by atoms with Crippen LogP contribution in [0.4, 0.5) is 4.39 Å². The summed E-state index contributed by atoms with van der Waals surface area (Å²) in [6.07, 6.45) is 0.360. The van der Waals surface area contributed by atoms with Crippen LogP contribution in [0.15, 0.2) is 12.1 Å². The molecule has 0 saturated heterocycles. The van der Waals surface area contributed by atoms with Crippen molar-refractivity contribution in [2.45, 2.75) is 0 Å². The van der Waals surface area contributed by atoms with E-state index in [2.05, 4.69) is 4.74 Å². The minimum absolute atomic E-state index is 0.118. The van der Waals surface area contributed by atoms with Crippen LogP contribution in [0.2, 0.25) is 0 Å². The summed E-state index contributed by atoms with van der Waals surface area (Å²) >= 11 is 0. The quantitative estimate of drug-likeness (QED) is 0.588. The lowest BCUT2D eigenvalue weighted by Crippen LogP contribution is -2.01. The van der Waals surface area contributed by atoms with Crippen LogP contribution in [0.3, 0.4) is 0 Å². The van der Waals surface area contributed by atoms with Gasteiger partial charge in [0.05, 0.1) is 5.56 Å². The van der Waals surface area contributed by atoms with Crippen LogP contribution >= 0.6 is 0 Å². The number of ether oxygens (including phenoxy) is 2. The summed E-state index contributed by atoms with van der Waals surface area (Å²) in [7, 11) is 1.39. The van der Waals surface area contributed by atoms with E-state index in [0.29, 0.717) is 6.29 Å². The average molecular weight is 200 g/mol. The van der Waals surface area contributed by atoms with Crippen LogP contribution < -0.4 is 4.74 Å². The summed E-state index contributed by atoms with van der Waals surface area (Å²) in [5.41, 5.74) is -0.118. The number of phenols is 1. The third kappa shape index (κ3) is 2.00. The molecule has 0 amide bonds. The Labute approximate surface area is 79.9 Å². The molecule has 0 aliphatic heterocycles. The first-order valence-corrected chi connectivity index (χ1v) is 3.79. The highest BCUT2D eigenvalue weighted by Crippen LogP contribution is 2.28. The van der Waals surface area contributed by atoms with Gasteiger partial charge in [0.2, 0.25) is 5.82 Å². The minimum Gasteiger partial charge on any atom is -0.504 e. The zero-order chi connectivity index (χ0) is 10.6. The minimum atomic E-state index is -0.966. The molecule has 1 N–H and O–H groups in total. The number of halogens is 1. The topological polar surface area (TPSA) is 55.8 Å². The Kier molecular flexibility index (Phi) is 3.41. The molecular weight excluding hydrogens is 191 g/mol. The Morgan fingerprint density at radius 3 is 2.86 bits per heavy atom. The Hall–Kier alpha value is -1.62. The van der Waals surface area contributed by atoms with Crippen molar-refractivity contribution in [1.29, 1.82) is 0 Å². The molecule has 0 heterocycles. The standard InChI is InChI=1S/C9H9FO4/c1-13-5-14-7-3-2-6(4-11)9(12)8(7)10/h2-4,12H,5H2,1H3. The van der Waals surface area contributed by atoms with Crippen LogP contribution in [0, 0.1) is 5.82 Å². The third-order valence-electron chi connectivity index (χ3n) is 1.57. The highest BCUT2D eigenvalue weighted by atomic mass is 19.1. The van der Waals surface area contributed by atoms with Gasteiger partial charge in [-0.25, -0.2) is 0 Å². The van der Waals surface area contributed by atoms with E-state index in [-0.39, 0.29) is 18.1 Å². The maximum Gasteiger partial charge on any atom is 0.207 e. The molecule has 0 atom stereocenters. The van der Waals surface area contributed by atoms with E-state index in [4.69, 9.17) is 9.84 Å². The number of carbonyl (C=O) groups excluding carboxylic acids is 1. The average Bonchev–Trinajstić information content (AvgIpc) is 2.20. The van der Waals surface area contributed by atoms with Gasteiger partial charge < -0.3 is 14.6 Å². The van der Waals surface area contributed by atoms with Gasteiger partial charge in [0.25, 0.3) is 0 Å². The monoisotopic (exact) mass is 200 g/mol. The molecule has 76 valence electrons. The van der Waals surface area contributed by atoms with Crippen molar-refractivity contribution in [1.82, 2.24) is 0 Å². The molecule has 0 spiro atoms. The van der Waals surface area contributed by atoms with E-state index < -0.39 is 11.6 Å². The van der Waals surface area contributed by atoms with Crippen LogP contribution in [0.25, 0.3) is 0 Å². The van der Waals surface area contributed by atoms with E-state index in [1.165, 1.54) is 19.2 Å². The Morgan fingerprint density at radius 2 is 2.29 bits per heavy atom. The third-order valence-corrected chi connectivity index (χ3v) is 1.57. The fourth-order valence-corrected chi connectivity index (χ4v) is 0.890. The van der Waals surface area contributed by atoms with Gasteiger partial charge in [-0.1, -0.05) is 0 Å². The second-order valence-corrected chi connectivity index (χ2v) is 2.48. The van der Waals surface area contributed by atoms with Crippen molar-refractivity contribution in [2.75, 3.05) is 13.9 Å². The van der Waals surface area contributed by atoms with Gasteiger partial charge in [-0.3, -0.25) is 4.79 Å². The molecular formula is C9H9FO4. The number of hydrogen-bond acceptors (Lipinski definition) is 4. The normalized spacial score (nSPS) is 9.86. The maximum atomic E-state index is 13.2. The highest BCUT2D eigenvalue weighted by Gasteiger charge is 2.12. The molecule has 5 heteroatoms. The Balaban J connectivity index is 2.98. The lowest BCUT2D eigenvalue weighted by Gasteiger charge is -2.07. The van der Waals surface area contributed by atoms with Gasteiger partial charge in [-0.15, -0.1) is 0 Å². The van der Waals surface area contributed by atoms with Gasteiger partial charge >= 0.3 is 0 Å². The Morgan fingerprint density at radius 1 is 1.57 bits per heavy atom. The van der Waals surface area contributed by atoms with Crippen molar-refractivity contribution in [3.63, 3.8) is 0 Å². The van der Waals surface area contributed by atoms with Crippen LogP contribution in [0.5, 0.6) is 11.5 Å². The SMILES string of the molecule is COCOc1ccc(C=O)c(O)c1F. The number of carbonyl (C=O) groups is 1. The van der Waals surface area contributed by atoms with E-state index >= 15 is 0 Å². The highest BCUT2D eigenvalue weighted by molar-refractivity contribution is 5.79. The van der Waals surface area contributed by atoms with Crippen molar-refractivity contribution in [2.24, 2.45) is 0 Å². The summed E-state index contributed by atoms with van der Waals surface area (Å²) in [4.78, 5) is 10.3. The first-order valence-electron chi connectivity index (χ1n) is 3.79. The fraction of sp³-hybridized carbons (Fsp3) is 0.222. The van der Waals surface area contributed by atoms with Crippen molar-refractivity contribution < 1.29 is 23.8 Å². The van der Waals surface area contributed by atoms with Crippen molar-refractivity contribution in [3.05, 3.63) is 23.5 Å². The molecule has 0 aliphatic rings. The number of methoxy groups -OCH3 is 1. The molecule has 14 heavy (non-hydrogen) atoms. The summed E-state index contributed by atoms with van der Waals surface area (Å²) in [6.45, 7) is -0.128. The van der Waals surface area contributed by atoms with Crippen molar-refractivity contribution >= 4 is 6.29 Å². The molecule has 1 aromatic carbocycles. The van der Waals surface area contributed by atoms with Gasteiger partial charge in [-0.05, 0) is 12.1 Å². The van der Waals surface area contributed by atoms with Gasteiger partial charge in [0.15, 0.2) is 24.6 Å². The van der Waals surface area contributed by atoms with E-state index in [0.717, 1.165) is 0 Å². The number of rotatable bonds is 4.